The Hall–Kier alpha value is -3.75. The van der Waals surface area contributed by atoms with Crippen LogP contribution in [0.5, 0.6) is 17.2 Å². The first-order valence-electron chi connectivity index (χ1n) is 10.5. The Kier molecular flexibility index (Phi) is 7.10. The fourth-order valence-electron chi connectivity index (χ4n) is 4.06. The highest BCUT2D eigenvalue weighted by Crippen LogP contribution is 2.45. The first kappa shape index (κ1) is 25.3. The zero-order valence-corrected chi connectivity index (χ0v) is 20.9. The van der Waals surface area contributed by atoms with Crippen LogP contribution in [0.1, 0.15) is 17.2 Å². The lowest BCUT2D eigenvalue weighted by Gasteiger charge is -2.26. The highest BCUT2D eigenvalue weighted by atomic mass is 35.5. The van der Waals surface area contributed by atoms with E-state index in [1.807, 2.05) is 0 Å². The van der Waals surface area contributed by atoms with Crippen molar-refractivity contribution < 1.29 is 33.3 Å². The molecule has 0 aromatic heterocycles. The molecule has 1 fully saturated rings. The van der Waals surface area contributed by atoms with Gasteiger partial charge < -0.3 is 19.3 Å². The third-order valence-electron chi connectivity index (χ3n) is 5.77. The molecule has 1 saturated heterocycles. The van der Waals surface area contributed by atoms with Crippen LogP contribution in [-0.4, -0.2) is 38.1 Å². The fraction of sp³-hybridized carbons (Fsp3) is 0.154. The average Bonchev–Trinajstić information content (AvgIpc) is 3.14. The van der Waals surface area contributed by atoms with E-state index >= 15 is 0 Å². The highest BCUT2D eigenvalue weighted by Gasteiger charge is 2.47. The predicted molar refractivity (Wildman–Crippen MR) is 134 cm³/mol. The summed E-state index contributed by atoms with van der Waals surface area (Å²) in [5, 5.41) is 11.8. The van der Waals surface area contributed by atoms with Crippen molar-refractivity contribution in [1.29, 1.82) is 0 Å². The average molecular weight is 532 g/mol. The molecular formula is C26H20Cl2FNO6. The monoisotopic (exact) mass is 531 g/mol. The number of anilines is 1. The number of hydrogen-bond acceptors (Lipinski definition) is 6. The number of ketones is 1. The second kappa shape index (κ2) is 10.1. The summed E-state index contributed by atoms with van der Waals surface area (Å²) >= 11 is 12.5. The Morgan fingerprint density at radius 3 is 2.06 bits per heavy atom. The summed E-state index contributed by atoms with van der Waals surface area (Å²) in [6.45, 7) is 0. The van der Waals surface area contributed by atoms with Crippen molar-refractivity contribution >= 4 is 46.3 Å². The van der Waals surface area contributed by atoms with E-state index in [0.29, 0.717) is 11.3 Å². The van der Waals surface area contributed by atoms with Gasteiger partial charge in [0.25, 0.3) is 11.7 Å². The summed E-state index contributed by atoms with van der Waals surface area (Å²) in [6.07, 6.45) is 0. The summed E-state index contributed by atoms with van der Waals surface area (Å²) in [7, 11) is 4.20. The van der Waals surface area contributed by atoms with Crippen molar-refractivity contribution in [2.75, 3.05) is 26.2 Å². The second-order valence-electron chi connectivity index (χ2n) is 7.73. The molecule has 1 N–H and O–H groups in total. The normalized spacial score (nSPS) is 16.8. The third kappa shape index (κ3) is 4.34. The molecule has 186 valence electrons. The summed E-state index contributed by atoms with van der Waals surface area (Å²) in [5.41, 5.74) is 0.499. The standard InChI is InChI=1S/C26H20Cl2FNO6/c1-34-19-9-8-15(10-17(19)27)30-23(13-4-6-14(29)7-5-13)22(25(32)26(30)33)24(31)16-11-21(36-3)18(28)12-20(16)35-2/h4-12,23,31H,1-3H3/b24-22+. The van der Waals surface area contributed by atoms with Crippen molar-refractivity contribution in [3.63, 3.8) is 0 Å². The van der Waals surface area contributed by atoms with Gasteiger partial charge in [-0.2, -0.15) is 0 Å². The molecule has 7 nitrogen and oxygen atoms in total. The smallest absolute Gasteiger partial charge is 0.300 e. The van der Waals surface area contributed by atoms with Gasteiger partial charge in [0.2, 0.25) is 0 Å². The van der Waals surface area contributed by atoms with Crippen LogP contribution in [0.2, 0.25) is 10.0 Å². The zero-order chi connectivity index (χ0) is 26.1. The minimum absolute atomic E-state index is 0.0802. The number of ether oxygens (including phenoxy) is 3. The maximum atomic E-state index is 13.7. The van der Waals surface area contributed by atoms with Crippen LogP contribution in [0.25, 0.3) is 5.76 Å². The number of carbonyl (C=O) groups excluding carboxylic acids is 2. The van der Waals surface area contributed by atoms with Crippen LogP contribution in [0.15, 0.2) is 60.2 Å². The van der Waals surface area contributed by atoms with E-state index < -0.39 is 29.3 Å². The number of aliphatic hydroxyl groups excluding tert-OH is 1. The first-order chi connectivity index (χ1) is 17.2. The molecule has 4 rings (SSSR count). The fourth-order valence-corrected chi connectivity index (χ4v) is 4.54. The zero-order valence-electron chi connectivity index (χ0n) is 19.3. The Balaban J connectivity index is 1.99. The Morgan fingerprint density at radius 1 is 0.861 bits per heavy atom. The summed E-state index contributed by atoms with van der Waals surface area (Å²) in [4.78, 5) is 27.8. The minimum Gasteiger partial charge on any atom is -0.507 e. The molecule has 0 radical (unpaired) electrons. The van der Waals surface area contributed by atoms with E-state index in [9.17, 15) is 19.1 Å². The lowest BCUT2D eigenvalue weighted by molar-refractivity contribution is -0.132. The maximum Gasteiger partial charge on any atom is 0.300 e. The summed E-state index contributed by atoms with van der Waals surface area (Å²) < 4.78 is 29.5. The first-order valence-corrected chi connectivity index (χ1v) is 11.3. The number of nitrogens with zero attached hydrogens (tertiary/aromatic N) is 1. The van der Waals surface area contributed by atoms with Crippen LogP contribution < -0.4 is 19.1 Å². The molecule has 3 aromatic carbocycles. The molecule has 1 aliphatic heterocycles. The van der Waals surface area contributed by atoms with Crippen molar-refractivity contribution in [3.05, 3.63) is 87.2 Å². The molecule has 0 saturated carbocycles. The number of benzene rings is 3. The van der Waals surface area contributed by atoms with E-state index in [4.69, 9.17) is 37.4 Å². The molecule has 36 heavy (non-hydrogen) atoms. The van der Waals surface area contributed by atoms with Gasteiger partial charge in [-0.15, -0.1) is 0 Å². The van der Waals surface area contributed by atoms with Crippen LogP contribution in [0.3, 0.4) is 0 Å². The highest BCUT2D eigenvalue weighted by molar-refractivity contribution is 6.52. The number of methoxy groups -OCH3 is 3. The van der Waals surface area contributed by atoms with Gasteiger partial charge in [-0.3, -0.25) is 14.5 Å². The molecule has 10 heteroatoms. The third-order valence-corrected chi connectivity index (χ3v) is 6.36. The molecule has 0 spiro atoms. The van der Waals surface area contributed by atoms with Crippen molar-refractivity contribution in [2.24, 2.45) is 0 Å². The van der Waals surface area contributed by atoms with Gasteiger partial charge in [-0.05, 0) is 42.0 Å². The van der Waals surface area contributed by atoms with Crippen molar-refractivity contribution in [1.82, 2.24) is 0 Å². The van der Waals surface area contributed by atoms with Gasteiger partial charge in [0.15, 0.2) is 0 Å². The van der Waals surface area contributed by atoms with E-state index in [2.05, 4.69) is 0 Å². The van der Waals surface area contributed by atoms with E-state index in [1.54, 1.807) is 12.1 Å². The maximum absolute atomic E-state index is 13.7. The van der Waals surface area contributed by atoms with Gasteiger partial charge in [0.05, 0.1) is 48.6 Å². The molecule has 1 unspecified atom stereocenters. The quantitative estimate of drug-likeness (QED) is 0.246. The molecule has 0 bridgehead atoms. The molecule has 1 aliphatic rings. The number of amides is 1. The van der Waals surface area contributed by atoms with Gasteiger partial charge in [-0.1, -0.05) is 35.3 Å². The van der Waals surface area contributed by atoms with Gasteiger partial charge in [-0.25, -0.2) is 4.39 Å². The molecule has 1 atom stereocenters. The van der Waals surface area contributed by atoms with Gasteiger partial charge in [0, 0.05) is 11.8 Å². The summed E-state index contributed by atoms with van der Waals surface area (Å²) in [6, 6.07) is 11.5. The van der Waals surface area contributed by atoms with Crippen LogP contribution >= 0.6 is 23.2 Å². The second-order valence-corrected chi connectivity index (χ2v) is 8.54. The number of carbonyl (C=O) groups is 2. The van der Waals surface area contributed by atoms with E-state index in [0.717, 1.165) is 0 Å². The van der Waals surface area contributed by atoms with Crippen LogP contribution in [-0.2, 0) is 9.59 Å². The topological polar surface area (TPSA) is 85.3 Å². The number of rotatable bonds is 6. The number of Topliss-reactive ketones (excluding diaryl/α,β-unsaturated/α-hetero) is 1. The lowest BCUT2D eigenvalue weighted by Crippen LogP contribution is -2.29. The molecule has 1 heterocycles. The number of hydrogen-bond donors (Lipinski definition) is 1. The van der Waals surface area contributed by atoms with Gasteiger partial charge >= 0.3 is 0 Å². The van der Waals surface area contributed by atoms with E-state index in [-0.39, 0.29) is 38.4 Å². The Morgan fingerprint density at radius 2 is 1.47 bits per heavy atom. The van der Waals surface area contributed by atoms with E-state index in [1.165, 1.54) is 68.7 Å². The largest absolute Gasteiger partial charge is 0.507 e. The minimum atomic E-state index is -1.11. The Labute approximate surface area is 216 Å². The summed E-state index contributed by atoms with van der Waals surface area (Å²) in [5.74, 6) is -2.16. The molecule has 1 amide bonds. The Bertz CT molecular complexity index is 1390. The molecule has 0 aliphatic carbocycles. The van der Waals surface area contributed by atoms with Crippen molar-refractivity contribution in [2.45, 2.75) is 6.04 Å². The number of halogens is 3. The lowest BCUT2D eigenvalue weighted by atomic mass is 9.94. The van der Waals surface area contributed by atoms with Crippen molar-refractivity contribution in [3.8, 4) is 17.2 Å². The molecule has 3 aromatic rings. The SMILES string of the molecule is COc1ccc(N2C(=O)C(=O)/C(=C(/O)c3cc(OC)c(Cl)cc3OC)C2c2ccc(F)cc2)cc1Cl. The molecular weight excluding hydrogens is 512 g/mol. The predicted octanol–water partition coefficient (Wildman–Crippen LogP) is 5.78. The van der Waals surface area contributed by atoms with Gasteiger partial charge in [0.1, 0.15) is 28.8 Å². The number of aliphatic hydroxyl groups is 1. The van der Waals surface area contributed by atoms with Crippen LogP contribution in [0, 0.1) is 5.82 Å². The van der Waals surface area contributed by atoms with Crippen LogP contribution in [0.4, 0.5) is 10.1 Å².